The first-order chi connectivity index (χ1) is 10.2. The van der Waals surface area contributed by atoms with Gasteiger partial charge in [-0.25, -0.2) is 0 Å². The minimum atomic E-state index is -0.833. The van der Waals surface area contributed by atoms with Gasteiger partial charge >= 0.3 is 0 Å². The molecule has 2 unspecified atom stereocenters. The Kier molecular flexibility index (Phi) is 5.52. The van der Waals surface area contributed by atoms with Gasteiger partial charge in [-0.05, 0) is 27.2 Å². The normalized spacial score (nSPS) is 23.7. The van der Waals surface area contributed by atoms with Gasteiger partial charge < -0.3 is 25.4 Å². The van der Waals surface area contributed by atoms with Crippen molar-refractivity contribution < 1.29 is 9.84 Å². The summed E-state index contributed by atoms with van der Waals surface area (Å²) in [5, 5.41) is 19.7. The van der Waals surface area contributed by atoms with Crippen LogP contribution < -0.4 is 16.0 Å². The van der Waals surface area contributed by atoms with E-state index < -0.39 is 6.23 Å². The smallest absolute Gasteiger partial charge is 0.237 e. The molecule has 2 atom stereocenters. The highest BCUT2D eigenvalue weighted by molar-refractivity contribution is 5.19. The number of allylic oxidation sites excluding steroid dienone is 1. The van der Waals surface area contributed by atoms with Crippen molar-refractivity contribution in [2.75, 3.05) is 19.6 Å². The quantitative estimate of drug-likeness (QED) is 0.443. The first-order valence-corrected chi connectivity index (χ1v) is 7.59. The summed E-state index contributed by atoms with van der Waals surface area (Å²) in [6.07, 6.45) is 5.79. The number of hydrogen-bond donors (Lipinski definition) is 4. The van der Waals surface area contributed by atoms with Crippen LogP contribution in [0.25, 0.3) is 0 Å². The van der Waals surface area contributed by atoms with Crippen LogP contribution in [0.4, 0.5) is 0 Å². The molecule has 0 fully saturated rings. The fourth-order valence-corrected chi connectivity index (χ4v) is 2.48. The van der Waals surface area contributed by atoms with Crippen LogP contribution in [-0.2, 0) is 4.74 Å². The van der Waals surface area contributed by atoms with Gasteiger partial charge in [0, 0.05) is 31.9 Å². The van der Waals surface area contributed by atoms with E-state index in [2.05, 4.69) is 34.7 Å². The highest BCUT2D eigenvalue weighted by Gasteiger charge is 2.29. The predicted octanol–water partition coefficient (Wildman–Crippen LogP) is 0.762. The molecule has 0 aromatic heterocycles. The Morgan fingerprint density at radius 2 is 2.43 bits per heavy atom. The summed E-state index contributed by atoms with van der Waals surface area (Å²) in [6, 6.07) is 0.393. The molecule has 2 rings (SSSR count). The second kappa shape index (κ2) is 7.38. The van der Waals surface area contributed by atoms with Crippen molar-refractivity contribution in [1.82, 2.24) is 20.9 Å². The Morgan fingerprint density at radius 1 is 1.62 bits per heavy atom. The summed E-state index contributed by atoms with van der Waals surface area (Å²) in [5.41, 5.74) is 0. The summed E-state index contributed by atoms with van der Waals surface area (Å²) in [4.78, 5) is 2.20. The van der Waals surface area contributed by atoms with Crippen LogP contribution in [0.1, 0.15) is 27.2 Å². The molecule has 0 spiro atoms. The molecule has 0 bridgehead atoms. The van der Waals surface area contributed by atoms with E-state index in [1.54, 1.807) is 6.20 Å². The van der Waals surface area contributed by atoms with Gasteiger partial charge in [0.2, 0.25) is 5.88 Å². The standard InChI is InChI=1S/C15H26N4O2/c1-4-6-8-17-14(20)12-10-18-13-15(21-12)19(5-2)11(3)7-9-16-13/h4,6,10-11,14,16-18,20H,5,7-9H2,1-3H3. The van der Waals surface area contributed by atoms with Crippen molar-refractivity contribution in [2.45, 2.75) is 39.5 Å². The molecular weight excluding hydrogens is 268 g/mol. The summed E-state index contributed by atoms with van der Waals surface area (Å²) in [6.45, 7) is 8.59. The van der Waals surface area contributed by atoms with E-state index in [0.717, 1.165) is 31.2 Å². The van der Waals surface area contributed by atoms with E-state index >= 15 is 0 Å². The maximum Gasteiger partial charge on any atom is 0.237 e. The fraction of sp³-hybridized carbons (Fsp3) is 0.600. The highest BCUT2D eigenvalue weighted by atomic mass is 16.5. The SMILES string of the molecule is CC=CCNC(O)C1=CNC2=C(O1)N(CC)C(C)CCN2. The number of aliphatic hydroxyl groups is 1. The van der Waals surface area contributed by atoms with E-state index in [4.69, 9.17) is 4.74 Å². The van der Waals surface area contributed by atoms with Crippen LogP contribution >= 0.6 is 0 Å². The molecule has 21 heavy (non-hydrogen) atoms. The van der Waals surface area contributed by atoms with Crippen molar-refractivity contribution >= 4 is 0 Å². The molecular formula is C15H26N4O2. The summed E-state index contributed by atoms with van der Waals surface area (Å²) < 4.78 is 5.94. The number of nitrogens with zero attached hydrogens (tertiary/aromatic N) is 1. The molecule has 0 aromatic rings. The number of hydrogen-bond acceptors (Lipinski definition) is 6. The molecule has 2 heterocycles. The Morgan fingerprint density at radius 3 is 3.14 bits per heavy atom. The first-order valence-electron chi connectivity index (χ1n) is 7.59. The Balaban J connectivity index is 2.06. The van der Waals surface area contributed by atoms with E-state index in [-0.39, 0.29) is 0 Å². The van der Waals surface area contributed by atoms with E-state index in [1.165, 1.54) is 0 Å². The van der Waals surface area contributed by atoms with E-state index in [9.17, 15) is 5.11 Å². The maximum absolute atomic E-state index is 10.1. The van der Waals surface area contributed by atoms with Crippen molar-refractivity contribution in [1.29, 1.82) is 0 Å². The lowest BCUT2D eigenvalue weighted by Gasteiger charge is -2.33. The van der Waals surface area contributed by atoms with Gasteiger partial charge in [0.15, 0.2) is 17.8 Å². The number of nitrogens with one attached hydrogen (secondary N) is 3. The van der Waals surface area contributed by atoms with Crippen LogP contribution in [0.2, 0.25) is 0 Å². The van der Waals surface area contributed by atoms with Gasteiger partial charge in [0.25, 0.3) is 0 Å². The molecule has 118 valence electrons. The third kappa shape index (κ3) is 3.71. The van der Waals surface area contributed by atoms with Gasteiger partial charge in [-0.15, -0.1) is 0 Å². The topological polar surface area (TPSA) is 68.8 Å². The van der Waals surface area contributed by atoms with Crippen LogP contribution in [0.3, 0.4) is 0 Å². The molecule has 6 heteroatoms. The fourth-order valence-electron chi connectivity index (χ4n) is 2.48. The van der Waals surface area contributed by atoms with Gasteiger partial charge in [0.1, 0.15) is 0 Å². The van der Waals surface area contributed by atoms with Gasteiger partial charge in [-0.1, -0.05) is 12.2 Å². The molecule has 2 aliphatic rings. The maximum atomic E-state index is 10.1. The zero-order chi connectivity index (χ0) is 15.2. The monoisotopic (exact) mass is 294 g/mol. The third-order valence-electron chi connectivity index (χ3n) is 3.72. The van der Waals surface area contributed by atoms with Crippen LogP contribution in [0.5, 0.6) is 0 Å². The third-order valence-corrected chi connectivity index (χ3v) is 3.72. The zero-order valence-corrected chi connectivity index (χ0v) is 13.0. The van der Waals surface area contributed by atoms with Gasteiger partial charge in [-0.3, -0.25) is 5.32 Å². The van der Waals surface area contributed by atoms with E-state index in [0.29, 0.717) is 18.3 Å². The Hall–Kier alpha value is -1.66. The summed E-state index contributed by atoms with van der Waals surface area (Å²) in [5.74, 6) is 2.10. The predicted molar refractivity (Wildman–Crippen MR) is 82.6 cm³/mol. The second-order valence-corrected chi connectivity index (χ2v) is 5.20. The number of aliphatic hydroxyl groups excluding tert-OH is 1. The molecule has 0 aliphatic carbocycles. The lowest BCUT2D eigenvalue weighted by atomic mass is 10.2. The lowest BCUT2D eigenvalue weighted by Crippen LogP contribution is -2.40. The molecule has 0 saturated heterocycles. The van der Waals surface area contributed by atoms with Gasteiger partial charge in [-0.2, -0.15) is 0 Å². The average molecular weight is 294 g/mol. The molecule has 0 amide bonds. The summed E-state index contributed by atoms with van der Waals surface area (Å²) >= 11 is 0. The minimum Gasteiger partial charge on any atom is -0.436 e. The highest BCUT2D eigenvalue weighted by Crippen LogP contribution is 2.24. The molecule has 0 aromatic carbocycles. The molecule has 0 radical (unpaired) electrons. The first kappa shape index (κ1) is 15.7. The van der Waals surface area contributed by atoms with Gasteiger partial charge in [0.05, 0.1) is 0 Å². The summed E-state index contributed by atoms with van der Waals surface area (Å²) in [7, 11) is 0. The molecule has 0 saturated carbocycles. The molecule has 2 aliphatic heterocycles. The van der Waals surface area contributed by atoms with Crippen molar-refractivity contribution in [3.8, 4) is 0 Å². The Bertz CT molecular complexity index is 445. The van der Waals surface area contributed by atoms with Crippen molar-refractivity contribution in [2.24, 2.45) is 0 Å². The molecule has 4 N–H and O–H groups in total. The van der Waals surface area contributed by atoms with E-state index in [1.807, 2.05) is 19.1 Å². The van der Waals surface area contributed by atoms with Crippen molar-refractivity contribution in [3.63, 3.8) is 0 Å². The minimum absolute atomic E-state index is 0.393. The van der Waals surface area contributed by atoms with Crippen LogP contribution in [0.15, 0.2) is 35.8 Å². The Labute approximate surface area is 126 Å². The average Bonchev–Trinajstić information content (AvgIpc) is 2.64. The largest absolute Gasteiger partial charge is 0.436 e. The van der Waals surface area contributed by atoms with Crippen LogP contribution in [0, 0.1) is 0 Å². The lowest BCUT2D eigenvalue weighted by molar-refractivity contribution is 0.0613. The van der Waals surface area contributed by atoms with Crippen LogP contribution in [-0.4, -0.2) is 41.9 Å². The zero-order valence-electron chi connectivity index (χ0n) is 13.0. The molecule has 6 nitrogen and oxygen atoms in total. The second-order valence-electron chi connectivity index (χ2n) is 5.20. The number of rotatable bonds is 5. The number of ether oxygens (including phenoxy) is 1. The van der Waals surface area contributed by atoms with Crippen molar-refractivity contribution in [3.05, 3.63) is 35.8 Å².